The normalized spacial score (nSPS) is 11.9. The number of aromatic nitrogens is 3. The fraction of sp³-hybridized carbons (Fsp3) is 0.333. The van der Waals surface area contributed by atoms with E-state index in [1.54, 1.807) is 0 Å². The number of rotatable bonds is 6. The summed E-state index contributed by atoms with van der Waals surface area (Å²) in [5.41, 5.74) is -3.75. The van der Waals surface area contributed by atoms with Crippen LogP contribution in [0.2, 0.25) is 10.0 Å². The second kappa shape index (κ2) is 8.65. The number of hydrogen-bond donors (Lipinski definition) is 0. The maximum Gasteiger partial charge on any atom is 0.434 e. The molecule has 0 saturated carbocycles. The Morgan fingerprint density at radius 2 is 1.90 bits per heavy atom. The first kappa shape index (κ1) is 23.7. The number of hydrogen-bond acceptors (Lipinski definition) is 6. The topological polar surface area (TPSA) is 83.3 Å². The largest absolute Gasteiger partial charge is 0.459 e. The molecular formula is C18H16Cl2F3N3O4. The standard InChI is InChI=1S/C18H16Cl2F3N3O4/c1-5-8-29-16(28)17(2,3)30-15(27)12-9(19)6-7-10(24-12)13-11(20)14(18(21,22)23)26(4)25-13/h5-7H,1,8H2,2-4H3. The molecule has 0 bridgehead atoms. The van der Waals surface area contributed by atoms with Crippen LogP contribution in [0.1, 0.15) is 30.0 Å². The van der Waals surface area contributed by atoms with E-state index in [4.69, 9.17) is 32.7 Å². The SMILES string of the molecule is C=CCOC(=O)C(C)(C)OC(=O)c1nc(-c2nn(C)c(C(F)(F)F)c2Cl)ccc1Cl. The number of pyridine rings is 1. The molecule has 0 aromatic carbocycles. The third-order valence-electron chi connectivity index (χ3n) is 3.71. The zero-order chi connectivity index (χ0) is 22.9. The molecule has 0 spiro atoms. The lowest BCUT2D eigenvalue weighted by atomic mass is 10.1. The van der Waals surface area contributed by atoms with Gasteiger partial charge in [0.25, 0.3) is 0 Å². The molecule has 0 saturated heterocycles. The molecule has 0 atom stereocenters. The number of ether oxygens (including phenoxy) is 2. The molecule has 0 aliphatic carbocycles. The van der Waals surface area contributed by atoms with Gasteiger partial charge in [0.1, 0.15) is 17.3 Å². The van der Waals surface area contributed by atoms with E-state index in [0.29, 0.717) is 4.68 Å². The summed E-state index contributed by atoms with van der Waals surface area (Å²) in [6.07, 6.45) is -3.41. The van der Waals surface area contributed by atoms with Crippen LogP contribution in [-0.2, 0) is 27.5 Å². The molecule has 2 rings (SSSR count). The Bertz CT molecular complexity index is 1000. The average molecular weight is 466 g/mol. The van der Waals surface area contributed by atoms with E-state index in [1.165, 1.54) is 32.1 Å². The first-order valence-corrected chi connectivity index (χ1v) is 9.03. The van der Waals surface area contributed by atoms with E-state index in [2.05, 4.69) is 16.7 Å². The van der Waals surface area contributed by atoms with Crippen molar-refractivity contribution in [2.24, 2.45) is 7.05 Å². The van der Waals surface area contributed by atoms with Crippen molar-refractivity contribution in [1.29, 1.82) is 0 Å². The molecule has 7 nitrogen and oxygen atoms in total. The third kappa shape index (κ3) is 4.93. The van der Waals surface area contributed by atoms with Gasteiger partial charge in [-0.3, -0.25) is 4.68 Å². The molecule has 0 aliphatic rings. The number of alkyl halides is 3. The number of aryl methyl sites for hydroxylation is 1. The Hall–Kier alpha value is -2.59. The molecule has 162 valence electrons. The highest BCUT2D eigenvalue weighted by Crippen LogP contribution is 2.39. The summed E-state index contributed by atoms with van der Waals surface area (Å²) in [5, 5.41) is 2.90. The molecule has 0 radical (unpaired) electrons. The lowest BCUT2D eigenvalue weighted by Gasteiger charge is -2.22. The minimum Gasteiger partial charge on any atom is -0.459 e. The number of carbonyl (C=O) groups is 2. The van der Waals surface area contributed by atoms with Gasteiger partial charge in [0, 0.05) is 7.05 Å². The summed E-state index contributed by atoms with van der Waals surface area (Å²) in [6, 6.07) is 2.47. The predicted octanol–water partition coefficient (Wildman–Crippen LogP) is 4.47. The molecule has 0 amide bonds. The Labute approximate surface area is 179 Å². The minimum absolute atomic E-state index is 0.0893. The summed E-state index contributed by atoms with van der Waals surface area (Å²) in [4.78, 5) is 28.5. The summed E-state index contributed by atoms with van der Waals surface area (Å²) in [5.74, 6) is -1.93. The molecular weight excluding hydrogens is 450 g/mol. The van der Waals surface area contributed by atoms with Crippen molar-refractivity contribution in [2.75, 3.05) is 6.61 Å². The van der Waals surface area contributed by atoms with Crippen LogP contribution < -0.4 is 0 Å². The minimum atomic E-state index is -4.75. The van der Waals surface area contributed by atoms with E-state index in [1.807, 2.05) is 0 Å². The summed E-state index contributed by atoms with van der Waals surface area (Å²) in [6.45, 7) is 5.89. The first-order valence-electron chi connectivity index (χ1n) is 8.27. The highest BCUT2D eigenvalue weighted by Gasteiger charge is 2.39. The van der Waals surface area contributed by atoms with Crippen molar-refractivity contribution >= 4 is 35.1 Å². The van der Waals surface area contributed by atoms with Gasteiger partial charge in [0.15, 0.2) is 11.4 Å². The monoisotopic (exact) mass is 465 g/mol. The van der Waals surface area contributed by atoms with E-state index >= 15 is 0 Å². The molecule has 30 heavy (non-hydrogen) atoms. The van der Waals surface area contributed by atoms with Crippen LogP contribution in [0.25, 0.3) is 11.4 Å². The number of halogens is 5. The molecule has 0 fully saturated rings. The quantitative estimate of drug-likeness (QED) is 0.462. The van der Waals surface area contributed by atoms with Crippen LogP contribution >= 0.6 is 23.2 Å². The second-order valence-electron chi connectivity index (χ2n) is 6.45. The number of nitrogens with zero attached hydrogens (tertiary/aromatic N) is 3. The van der Waals surface area contributed by atoms with Gasteiger partial charge < -0.3 is 9.47 Å². The number of carbonyl (C=O) groups excluding carboxylic acids is 2. The van der Waals surface area contributed by atoms with E-state index in [9.17, 15) is 22.8 Å². The van der Waals surface area contributed by atoms with Gasteiger partial charge >= 0.3 is 18.1 Å². The van der Waals surface area contributed by atoms with Crippen molar-refractivity contribution in [1.82, 2.24) is 14.8 Å². The van der Waals surface area contributed by atoms with E-state index < -0.39 is 40.1 Å². The van der Waals surface area contributed by atoms with Gasteiger partial charge in [0.05, 0.1) is 10.7 Å². The van der Waals surface area contributed by atoms with Crippen LogP contribution in [0.3, 0.4) is 0 Å². The first-order chi connectivity index (χ1) is 13.8. The third-order valence-corrected chi connectivity index (χ3v) is 4.37. The van der Waals surface area contributed by atoms with Gasteiger partial charge in [-0.2, -0.15) is 18.3 Å². The zero-order valence-corrected chi connectivity index (χ0v) is 17.5. The van der Waals surface area contributed by atoms with Gasteiger partial charge in [0.2, 0.25) is 5.60 Å². The van der Waals surface area contributed by atoms with Crippen LogP contribution in [0.5, 0.6) is 0 Å². The summed E-state index contributed by atoms with van der Waals surface area (Å²) in [7, 11) is 1.07. The Morgan fingerprint density at radius 1 is 1.27 bits per heavy atom. The lowest BCUT2D eigenvalue weighted by Crippen LogP contribution is -2.39. The summed E-state index contributed by atoms with van der Waals surface area (Å²) >= 11 is 11.8. The van der Waals surface area contributed by atoms with E-state index in [-0.39, 0.29) is 23.0 Å². The van der Waals surface area contributed by atoms with Crippen molar-refractivity contribution in [3.05, 3.63) is 46.2 Å². The second-order valence-corrected chi connectivity index (χ2v) is 7.23. The molecule has 0 N–H and O–H groups in total. The van der Waals surface area contributed by atoms with Crippen molar-refractivity contribution in [2.45, 2.75) is 25.6 Å². The van der Waals surface area contributed by atoms with Gasteiger partial charge in [-0.05, 0) is 26.0 Å². The van der Waals surface area contributed by atoms with Gasteiger partial charge in [-0.15, -0.1) is 0 Å². The smallest absolute Gasteiger partial charge is 0.434 e. The highest BCUT2D eigenvalue weighted by atomic mass is 35.5. The van der Waals surface area contributed by atoms with E-state index in [0.717, 1.165) is 7.05 Å². The van der Waals surface area contributed by atoms with Crippen molar-refractivity contribution in [3.63, 3.8) is 0 Å². The Kier molecular flexibility index (Phi) is 6.83. The fourth-order valence-corrected chi connectivity index (χ4v) is 2.86. The van der Waals surface area contributed by atoms with Crippen LogP contribution in [-0.4, -0.2) is 38.9 Å². The highest BCUT2D eigenvalue weighted by molar-refractivity contribution is 6.34. The van der Waals surface area contributed by atoms with Crippen LogP contribution in [0.15, 0.2) is 24.8 Å². The molecule has 12 heteroatoms. The van der Waals surface area contributed by atoms with Crippen LogP contribution in [0, 0.1) is 0 Å². The summed E-state index contributed by atoms with van der Waals surface area (Å²) < 4.78 is 50.0. The lowest BCUT2D eigenvalue weighted by molar-refractivity contribution is -0.161. The molecule has 2 aromatic rings. The van der Waals surface area contributed by atoms with Crippen LogP contribution in [0.4, 0.5) is 13.2 Å². The van der Waals surface area contributed by atoms with Gasteiger partial charge in [-0.1, -0.05) is 35.9 Å². The van der Waals surface area contributed by atoms with Gasteiger partial charge in [-0.25, -0.2) is 14.6 Å². The molecule has 0 unspecified atom stereocenters. The maximum atomic E-state index is 13.1. The Balaban J connectivity index is 2.40. The Morgan fingerprint density at radius 3 is 2.43 bits per heavy atom. The average Bonchev–Trinajstić information content (AvgIpc) is 2.93. The molecule has 0 aliphatic heterocycles. The maximum absolute atomic E-state index is 13.1. The fourth-order valence-electron chi connectivity index (χ4n) is 2.32. The molecule has 2 heterocycles. The van der Waals surface area contributed by atoms with Crippen molar-refractivity contribution < 1.29 is 32.2 Å². The molecule has 2 aromatic heterocycles. The van der Waals surface area contributed by atoms with Crippen molar-refractivity contribution in [3.8, 4) is 11.4 Å². The predicted molar refractivity (Wildman–Crippen MR) is 102 cm³/mol. The number of esters is 2. The zero-order valence-electron chi connectivity index (χ0n) is 16.0.